The van der Waals surface area contributed by atoms with Crippen LogP contribution in [-0.2, 0) is 17.1 Å². The first-order chi connectivity index (χ1) is 13.9. The van der Waals surface area contributed by atoms with E-state index in [1.165, 1.54) is 0 Å². The Morgan fingerprint density at radius 3 is 0.903 bits per heavy atom. The van der Waals surface area contributed by atoms with Crippen LogP contribution in [0.4, 0.5) is 0 Å². The molecular formula is C18H24FeN6O6+3. The van der Waals surface area contributed by atoms with Gasteiger partial charge in [-0.1, -0.05) is 0 Å². The average Bonchev–Trinajstić information content (AvgIpc) is 2.73. The normalized spacial score (nSPS) is 9.48. The zero-order valence-electron chi connectivity index (χ0n) is 17.8. The van der Waals surface area contributed by atoms with E-state index in [1.807, 2.05) is 0 Å². The van der Waals surface area contributed by atoms with E-state index in [0.717, 1.165) is 18.6 Å². The number of aryl methyl sites for hydroxylation is 3. The van der Waals surface area contributed by atoms with Crippen LogP contribution >= 0.6 is 0 Å². The van der Waals surface area contributed by atoms with Crippen molar-refractivity contribution >= 4 is 0 Å². The SMILES string of the molecule is Cc1ncc(=O)n(O)c1C.Cc1ncc(=O)n(O)c1C.Cc1ncc(=O)n(O)c1C.[Fe+3]. The van der Waals surface area contributed by atoms with Gasteiger partial charge >= 0.3 is 33.7 Å². The second-order valence-corrected chi connectivity index (χ2v) is 6.24. The maximum atomic E-state index is 10.6. The monoisotopic (exact) mass is 476 g/mol. The van der Waals surface area contributed by atoms with Crippen molar-refractivity contribution in [2.75, 3.05) is 0 Å². The Morgan fingerprint density at radius 2 is 0.742 bits per heavy atom. The molecule has 12 nitrogen and oxygen atoms in total. The number of rotatable bonds is 0. The van der Waals surface area contributed by atoms with Crippen molar-refractivity contribution in [3.63, 3.8) is 0 Å². The van der Waals surface area contributed by atoms with Gasteiger partial charge in [-0.25, -0.2) is 0 Å². The summed E-state index contributed by atoms with van der Waals surface area (Å²) in [5, 5.41) is 26.9. The Bertz CT molecular complexity index is 1070. The number of nitrogens with zero attached hydrogens (tertiary/aromatic N) is 6. The molecule has 3 aromatic rings. The Kier molecular flexibility index (Phi) is 10.4. The summed E-state index contributed by atoms with van der Waals surface area (Å²) in [6.07, 6.45) is 3.26. The van der Waals surface area contributed by atoms with Gasteiger partial charge < -0.3 is 15.6 Å². The van der Waals surface area contributed by atoms with Crippen molar-refractivity contribution in [2.45, 2.75) is 41.5 Å². The molecule has 0 saturated heterocycles. The van der Waals surface area contributed by atoms with Crippen molar-refractivity contribution in [3.05, 3.63) is 83.8 Å². The molecule has 0 spiro atoms. The van der Waals surface area contributed by atoms with Gasteiger partial charge in [0.25, 0.3) is 0 Å². The molecule has 3 N–H and O–H groups in total. The molecule has 3 heterocycles. The van der Waals surface area contributed by atoms with Crippen LogP contribution in [0.5, 0.6) is 0 Å². The first-order valence-electron chi connectivity index (χ1n) is 8.62. The second kappa shape index (κ2) is 11.7. The van der Waals surface area contributed by atoms with E-state index in [2.05, 4.69) is 15.0 Å². The minimum Gasteiger partial charge on any atom is -0.425 e. The van der Waals surface area contributed by atoms with Crippen molar-refractivity contribution in [1.82, 2.24) is 29.1 Å². The van der Waals surface area contributed by atoms with Crippen LogP contribution in [0.1, 0.15) is 34.2 Å². The molecule has 0 atom stereocenters. The van der Waals surface area contributed by atoms with Gasteiger partial charge in [-0.15, -0.1) is 14.2 Å². The molecule has 0 saturated carbocycles. The summed E-state index contributed by atoms with van der Waals surface area (Å²) in [6, 6.07) is 0. The molecule has 0 aliphatic rings. The summed E-state index contributed by atoms with van der Waals surface area (Å²) in [5.41, 5.74) is 1.91. The Morgan fingerprint density at radius 1 is 0.548 bits per heavy atom. The predicted molar refractivity (Wildman–Crippen MR) is 105 cm³/mol. The fourth-order valence-corrected chi connectivity index (χ4v) is 1.86. The standard InChI is InChI=1S/3C6H8N2O2.Fe/c3*1-4-5(2)8(10)6(9)3-7-4;/h3*3,10H,1-2H3;/q;;;+3. The molecule has 31 heavy (non-hydrogen) atoms. The molecule has 0 unspecified atom stereocenters. The molecule has 0 bridgehead atoms. The maximum Gasteiger partial charge on any atom is 3.00 e. The first-order valence-corrected chi connectivity index (χ1v) is 8.62. The molecule has 13 heteroatoms. The molecule has 0 fully saturated rings. The Hall–Kier alpha value is -3.44. The van der Waals surface area contributed by atoms with Crippen LogP contribution in [0.2, 0.25) is 0 Å². The summed E-state index contributed by atoms with van der Waals surface area (Å²) >= 11 is 0. The van der Waals surface area contributed by atoms with E-state index >= 15 is 0 Å². The van der Waals surface area contributed by atoms with E-state index in [-0.39, 0.29) is 17.1 Å². The summed E-state index contributed by atoms with van der Waals surface area (Å²) in [6.45, 7) is 10.1. The van der Waals surface area contributed by atoms with Gasteiger partial charge in [0, 0.05) is 0 Å². The predicted octanol–water partition coefficient (Wildman–Crippen LogP) is 0.290. The largest absolute Gasteiger partial charge is 3.00 e. The Labute approximate surface area is 187 Å². The van der Waals surface area contributed by atoms with Gasteiger partial charge in [0.15, 0.2) is 0 Å². The molecule has 3 aromatic heterocycles. The fraction of sp³-hybridized carbons (Fsp3) is 0.333. The Balaban J connectivity index is 0.000000429. The molecule has 167 valence electrons. The van der Waals surface area contributed by atoms with Crippen LogP contribution in [0.15, 0.2) is 33.0 Å². The van der Waals surface area contributed by atoms with E-state index in [4.69, 9.17) is 15.6 Å². The van der Waals surface area contributed by atoms with E-state index in [0.29, 0.717) is 48.4 Å². The van der Waals surface area contributed by atoms with Crippen molar-refractivity contribution in [2.24, 2.45) is 0 Å². The summed E-state index contributed by atoms with van der Waals surface area (Å²) in [7, 11) is 0. The molecule has 0 aliphatic carbocycles. The van der Waals surface area contributed by atoms with Crippen LogP contribution in [-0.4, -0.2) is 44.8 Å². The van der Waals surface area contributed by atoms with Gasteiger partial charge in [-0.2, -0.15) is 0 Å². The molecule has 3 rings (SSSR count). The van der Waals surface area contributed by atoms with Gasteiger partial charge in [0.1, 0.15) is 0 Å². The van der Waals surface area contributed by atoms with Gasteiger partial charge in [-0.05, 0) is 41.5 Å². The van der Waals surface area contributed by atoms with Crippen molar-refractivity contribution in [3.8, 4) is 0 Å². The zero-order chi connectivity index (χ0) is 23.2. The van der Waals surface area contributed by atoms with E-state index in [9.17, 15) is 14.4 Å². The second-order valence-electron chi connectivity index (χ2n) is 6.24. The van der Waals surface area contributed by atoms with Gasteiger partial charge in [0.2, 0.25) is 0 Å². The molecule has 0 amide bonds. The third-order valence-electron chi connectivity index (χ3n) is 4.26. The number of aromatic nitrogens is 6. The summed E-state index contributed by atoms with van der Waals surface area (Å²) in [4.78, 5) is 43.2. The molecule has 1 radical (unpaired) electrons. The van der Waals surface area contributed by atoms with Crippen molar-refractivity contribution < 1.29 is 32.7 Å². The quantitative estimate of drug-likeness (QED) is 0.305. The molecule has 0 aromatic carbocycles. The molecule has 0 aliphatic heterocycles. The first kappa shape index (κ1) is 27.6. The van der Waals surface area contributed by atoms with Crippen LogP contribution in [0.25, 0.3) is 0 Å². The summed E-state index contributed by atoms with van der Waals surface area (Å²) < 4.78 is 1.76. The van der Waals surface area contributed by atoms with Crippen LogP contribution < -0.4 is 16.7 Å². The van der Waals surface area contributed by atoms with Gasteiger partial charge in [0.05, 0.1) is 52.8 Å². The van der Waals surface area contributed by atoms with Crippen LogP contribution in [0.3, 0.4) is 0 Å². The zero-order valence-corrected chi connectivity index (χ0v) is 18.9. The number of hydrogen-bond acceptors (Lipinski definition) is 9. The van der Waals surface area contributed by atoms with E-state index < -0.39 is 16.7 Å². The smallest absolute Gasteiger partial charge is 0.425 e. The summed E-state index contributed by atoms with van der Waals surface area (Å²) in [5.74, 6) is 0. The van der Waals surface area contributed by atoms with Gasteiger partial charge in [-0.3, -0.25) is 29.3 Å². The van der Waals surface area contributed by atoms with Crippen LogP contribution in [0, 0.1) is 41.5 Å². The van der Waals surface area contributed by atoms with Crippen molar-refractivity contribution in [1.29, 1.82) is 0 Å². The minimum atomic E-state index is -0.497. The third kappa shape index (κ3) is 7.08. The van der Waals surface area contributed by atoms with E-state index in [1.54, 1.807) is 41.5 Å². The average molecular weight is 476 g/mol. The fourth-order valence-electron chi connectivity index (χ4n) is 1.86. The topological polar surface area (TPSA) is 165 Å². The third-order valence-corrected chi connectivity index (χ3v) is 4.26. The minimum absolute atomic E-state index is 0. The molecular weight excluding hydrogens is 452 g/mol. The number of hydrogen-bond donors (Lipinski definition) is 3. The maximum absolute atomic E-state index is 10.6.